The first-order valence-corrected chi connectivity index (χ1v) is 7.84. The molecule has 9 heteroatoms. The van der Waals surface area contributed by atoms with E-state index >= 15 is 0 Å². The molecular formula is C11H8BrClFN3O2S. The highest BCUT2D eigenvalue weighted by atomic mass is 79.9. The number of nitrogens with two attached hydrogens (primary N) is 1. The van der Waals surface area contributed by atoms with Crippen LogP contribution in [0.25, 0.3) is 0 Å². The van der Waals surface area contributed by atoms with E-state index in [1.165, 1.54) is 12.3 Å². The third-order valence-electron chi connectivity index (χ3n) is 2.33. The van der Waals surface area contributed by atoms with E-state index in [-0.39, 0.29) is 21.0 Å². The van der Waals surface area contributed by atoms with E-state index in [0.29, 0.717) is 0 Å². The summed E-state index contributed by atoms with van der Waals surface area (Å²) in [5.41, 5.74) is 5.66. The summed E-state index contributed by atoms with van der Waals surface area (Å²) in [6, 6.07) is 4.99. The van der Waals surface area contributed by atoms with Gasteiger partial charge in [-0.2, -0.15) is 0 Å². The van der Waals surface area contributed by atoms with Gasteiger partial charge in [0.2, 0.25) is 0 Å². The van der Waals surface area contributed by atoms with Gasteiger partial charge >= 0.3 is 0 Å². The second-order valence-electron chi connectivity index (χ2n) is 3.74. The third-order valence-corrected chi connectivity index (χ3v) is 4.68. The van der Waals surface area contributed by atoms with Gasteiger partial charge in [-0.15, -0.1) is 0 Å². The maximum Gasteiger partial charge on any atom is 0.266 e. The second kappa shape index (κ2) is 5.55. The Labute approximate surface area is 128 Å². The van der Waals surface area contributed by atoms with E-state index in [9.17, 15) is 12.8 Å². The molecule has 0 unspecified atom stereocenters. The number of pyridine rings is 1. The van der Waals surface area contributed by atoms with Crippen LogP contribution in [0.15, 0.2) is 39.8 Å². The number of anilines is 2. The number of hydrogen-bond acceptors (Lipinski definition) is 4. The number of nitrogens with one attached hydrogen (secondary N) is 1. The molecule has 106 valence electrons. The minimum absolute atomic E-state index is 0.0879. The van der Waals surface area contributed by atoms with Crippen LogP contribution < -0.4 is 10.5 Å². The minimum Gasteiger partial charge on any atom is -0.398 e. The van der Waals surface area contributed by atoms with E-state index in [1.807, 2.05) is 0 Å². The van der Waals surface area contributed by atoms with Gasteiger partial charge in [-0.3, -0.25) is 4.72 Å². The molecule has 1 aromatic carbocycles. The predicted octanol–water partition coefficient (Wildman–Crippen LogP) is 3.02. The van der Waals surface area contributed by atoms with Crippen molar-refractivity contribution in [3.63, 3.8) is 0 Å². The maximum atomic E-state index is 13.8. The van der Waals surface area contributed by atoms with Gasteiger partial charge in [-0.25, -0.2) is 17.8 Å². The highest BCUT2D eigenvalue weighted by molar-refractivity contribution is 9.10. The van der Waals surface area contributed by atoms with Crippen LogP contribution in [0.1, 0.15) is 0 Å². The molecule has 2 rings (SSSR count). The van der Waals surface area contributed by atoms with E-state index in [4.69, 9.17) is 17.3 Å². The van der Waals surface area contributed by atoms with Crippen LogP contribution >= 0.6 is 27.5 Å². The Balaban J connectivity index is 2.47. The average molecular weight is 381 g/mol. The van der Waals surface area contributed by atoms with Gasteiger partial charge in [0.05, 0.1) is 5.02 Å². The van der Waals surface area contributed by atoms with Crippen LogP contribution in [-0.4, -0.2) is 13.4 Å². The Morgan fingerprint density at radius 3 is 2.75 bits per heavy atom. The molecule has 0 aliphatic rings. The van der Waals surface area contributed by atoms with Crippen molar-refractivity contribution in [3.05, 3.63) is 45.8 Å². The predicted molar refractivity (Wildman–Crippen MR) is 78.6 cm³/mol. The zero-order valence-electron chi connectivity index (χ0n) is 9.77. The summed E-state index contributed by atoms with van der Waals surface area (Å²) in [5.74, 6) is -1.03. The number of halogens is 3. The lowest BCUT2D eigenvalue weighted by molar-refractivity contribution is 0.570. The molecule has 0 bridgehead atoms. The molecular weight excluding hydrogens is 373 g/mol. The monoisotopic (exact) mass is 379 g/mol. The van der Waals surface area contributed by atoms with Gasteiger partial charge in [0.15, 0.2) is 5.82 Å². The van der Waals surface area contributed by atoms with Crippen molar-refractivity contribution in [1.29, 1.82) is 0 Å². The molecule has 0 aliphatic heterocycles. The van der Waals surface area contributed by atoms with Crippen molar-refractivity contribution < 1.29 is 12.8 Å². The molecule has 0 aliphatic carbocycles. The van der Waals surface area contributed by atoms with Crippen molar-refractivity contribution in [1.82, 2.24) is 4.98 Å². The largest absolute Gasteiger partial charge is 0.398 e. The molecule has 0 saturated carbocycles. The van der Waals surface area contributed by atoms with Crippen LogP contribution in [0, 0.1) is 5.82 Å². The summed E-state index contributed by atoms with van der Waals surface area (Å²) < 4.78 is 40.4. The number of benzene rings is 1. The molecule has 0 atom stereocenters. The zero-order chi connectivity index (χ0) is 14.9. The fraction of sp³-hybridized carbons (Fsp3) is 0. The first-order chi connectivity index (χ1) is 9.31. The fourth-order valence-electron chi connectivity index (χ4n) is 1.39. The molecule has 1 aromatic heterocycles. The SMILES string of the molecule is Nc1cc(S(=O)(=O)Nc2ncccc2Cl)c(F)cc1Br. The number of rotatable bonds is 3. The molecule has 0 amide bonds. The normalized spacial score (nSPS) is 11.3. The quantitative estimate of drug-likeness (QED) is 0.802. The second-order valence-corrected chi connectivity index (χ2v) is 6.66. The van der Waals surface area contributed by atoms with Crippen LogP contribution in [0.5, 0.6) is 0 Å². The Morgan fingerprint density at radius 2 is 2.10 bits per heavy atom. The Kier molecular flexibility index (Phi) is 4.17. The van der Waals surface area contributed by atoms with Crippen molar-refractivity contribution in [2.45, 2.75) is 4.90 Å². The molecule has 0 spiro atoms. The Bertz CT molecular complexity index is 770. The molecule has 3 N–H and O–H groups in total. The summed E-state index contributed by atoms with van der Waals surface area (Å²) in [6.45, 7) is 0. The first-order valence-electron chi connectivity index (χ1n) is 5.19. The lowest BCUT2D eigenvalue weighted by Crippen LogP contribution is -2.16. The van der Waals surface area contributed by atoms with Gasteiger partial charge < -0.3 is 5.73 Å². The number of nitrogen functional groups attached to an aromatic ring is 1. The summed E-state index contributed by atoms with van der Waals surface area (Å²) >= 11 is 8.81. The minimum atomic E-state index is -4.18. The van der Waals surface area contributed by atoms with Gasteiger partial charge in [0.25, 0.3) is 10.0 Å². The van der Waals surface area contributed by atoms with Crippen molar-refractivity contribution in [2.75, 3.05) is 10.5 Å². The summed E-state index contributed by atoms with van der Waals surface area (Å²) in [4.78, 5) is 3.19. The van der Waals surface area contributed by atoms with Crippen LogP contribution in [0.2, 0.25) is 5.02 Å². The highest BCUT2D eigenvalue weighted by Crippen LogP contribution is 2.28. The van der Waals surface area contributed by atoms with Gasteiger partial charge in [-0.05, 0) is 40.2 Å². The lowest BCUT2D eigenvalue weighted by atomic mass is 10.3. The van der Waals surface area contributed by atoms with E-state index in [2.05, 4.69) is 25.6 Å². The number of nitrogens with zero attached hydrogens (tertiary/aromatic N) is 1. The molecule has 20 heavy (non-hydrogen) atoms. The Morgan fingerprint density at radius 1 is 1.40 bits per heavy atom. The molecule has 5 nitrogen and oxygen atoms in total. The maximum absolute atomic E-state index is 13.8. The standard InChI is InChI=1S/C11H8BrClFN3O2S/c12-6-4-8(14)10(5-9(6)15)20(18,19)17-11-7(13)2-1-3-16-11/h1-5H,15H2,(H,16,17). The molecule has 0 saturated heterocycles. The van der Waals surface area contributed by atoms with E-state index < -0.39 is 20.7 Å². The molecule has 0 radical (unpaired) electrons. The van der Waals surface area contributed by atoms with Crippen LogP contribution in [-0.2, 0) is 10.0 Å². The van der Waals surface area contributed by atoms with Gasteiger partial charge in [-0.1, -0.05) is 11.6 Å². The van der Waals surface area contributed by atoms with Gasteiger partial charge in [0, 0.05) is 16.4 Å². The number of aromatic nitrogens is 1. The van der Waals surface area contributed by atoms with Crippen LogP contribution in [0.3, 0.4) is 0 Å². The highest BCUT2D eigenvalue weighted by Gasteiger charge is 2.22. The molecule has 2 aromatic rings. The van der Waals surface area contributed by atoms with Gasteiger partial charge in [0.1, 0.15) is 10.7 Å². The molecule has 1 heterocycles. The summed E-state index contributed by atoms with van der Waals surface area (Å²) in [6.07, 6.45) is 1.36. The smallest absolute Gasteiger partial charge is 0.266 e. The summed E-state index contributed by atoms with van der Waals surface area (Å²) in [5, 5.41) is 0.0987. The average Bonchev–Trinajstić information content (AvgIpc) is 2.36. The van der Waals surface area contributed by atoms with Crippen molar-refractivity contribution in [3.8, 4) is 0 Å². The van der Waals surface area contributed by atoms with Crippen molar-refractivity contribution in [2.24, 2.45) is 0 Å². The fourth-order valence-corrected chi connectivity index (χ4v) is 3.06. The van der Waals surface area contributed by atoms with Crippen molar-refractivity contribution >= 4 is 49.1 Å². The third kappa shape index (κ3) is 3.02. The topological polar surface area (TPSA) is 85.1 Å². The lowest BCUT2D eigenvalue weighted by Gasteiger charge is -2.10. The summed E-state index contributed by atoms with van der Waals surface area (Å²) in [7, 11) is -4.18. The van der Waals surface area contributed by atoms with E-state index in [0.717, 1.165) is 12.1 Å². The Hall–Kier alpha value is -1.38. The zero-order valence-corrected chi connectivity index (χ0v) is 12.9. The number of hydrogen-bond donors (Lipinski definition) is 2. The number of sulfonamides is 1. The van der Waals surface area contributed by atoms with E-state index in [1.54, 1.807) is 6.07 Å². The molecule has 0 fully saturated rings. The van der Waals surface area contributed by atoms with Crippen LogP contribution in [0.4, 0.5) is 15.9 Å². The first kappa shape index (κ1) is 15.0.